The quantitative estimate of drug-likeness (QED) is 0.666. The molecule has 5 rings (SSSR count). The third-order valence-corrected chi connectivity index (χ3v) is 6.55. The van der Waals surface area contributed by atoms with Crippen LogP contribution in [0.4, 0.5) is 10.6 Å². The average Bonchev–Trinajstić information content (AvgIpc) is 3.44. The van der Waals surface area contributed by atoms with E-state index in [-0.39, 0.29) is 6.03 Å². The van der Waals surface area contributed by atoms with Gasteiger partial charge in [0.25, 0.3) is 0 Å². The number of carbonyl (C=O) groups is 1. The molecular formula is C21H23N5OS. The molecule has 0 bridgehead atoms. The number of piperazine rings is 1. The van der Waals surface area contributed by atoms with E-state index in [9.17, 15) is 4.79 Å². The minimum absolute atomic E-state index is 0.200. The van der Waals surface area contributed by atoms with Gasteiger partial charge in [-0.1, -0.05) is 30.3 Å². The predicted octanol–water partition coefficient (Wildman–Crippen LogP) is 3.70. The van der Waals surface area contributed by atoms with Gasteiger partial charge in [0.15, 0.2) is 0 Å². The van der Waals surface area contributed by atoms with E-state index in [4.69, 9.17) is 0 Å². The Morgan fingerprint density at radius 1 is 0.893 bits per heavy atom. The lowest BCUT2D eigenvalue weighted by molar-refractivity contribution is 0.159. The van der Waals surface area contributed by atoms with Crippen molar-refractivity contribution in [2.75, 3.05) is 44.2 Å². The topological polar surface area (TPSA) is 52.6 Å². The number of hydrogen-bond donors (Lipinski definition) is 0. The van der Waals surface area contributed by atoms with Crippen LogP contribution < -0.4 is 4.90 Å². The molecular weight excluding hydrogens is 370 g/mol. The highest BCUT2D eigenvalue weighted by molar-refractivity contribution is 7.17. The standard InChI is InChI=1S/C21H23N5OS/c27-21(25-8-4-5-9-25)26-12-10-24(11-13-26)19-18-17(16-6-2-1-3-7-16)14-28-20(18)23-15-22-19/h1-3,6-7,14-15H,4-5,8-13H2. The first-order valence-electron chi connectivity index (χ1n) is 9.88. The fourth-order valence-corrected chi connectivity index (χ4v) is 5.06. The van der Waals surface area contributed by atoms with E-state index in [2.05, 4.69) is 44.5 Å². The van der Waals surface area contributed by atoms with E-state index in [0.717, 1.165) is 68.1 Å². The van der Waals surface area contributed by atoms with Crippen molar-refractivity contribution in [2.24, 2.45) is 0 Å². The summed E-state index contributed by atoms with van der Waals surface area (Å²) in [5.74, 6) is 0.985. The van der Waals surface area contributed by atoms with E-state index >= 15 is 0 Å². The van der Waals surface area contributed by atoms with Crippen LogP contribution in [0.1, 0.15) is 12.8 Å². The summed E-state index contributed by atoms with van der Waals surface area (Å²) in [4.78, 5) is 29.1. The average molecular weight is 394 g/mol. The van der Waals surface area contributed by atoms with Crippen molar-refractivity contribution < 1.29 is 4.79 Å². The van der Waals surface area contributed by atoms with Crippen molar-refractivity contribution in [3.63, 3.8) is 0 Å². The predicted molar refractivity (Wildman–Crippen MR) is 113 cm³/mol. The van der Waals surface area contributed by atoms with Crippen LogP contribution in [0.2, 0.25) is 0 Å². The van der Waals surface area contributed by atoms with E-state index in [1.807, 2.05) is 15.9 Å². The maximum absolute atomic E-state index is 12.7. The smallest absolute Gasteiger partial charge is 0.320 e. The molecule has 2 aliphatic heterocycles. The number of thiophene rings is 1. The van der Waals surface area contributed by atoms with Gasteiger partial charge in [-0.2, -0.15) is 0 Å². The normalized spacial score (nSPS) is 17.5. The van der Waals surface area contributed by atoms with Crippen LogP contribution in [0.5, 0.6) is 0 Å². The van der Waals surface area contributed by atoms with Crippen molar-refractivity contribution in [3.8, 4) is 11.1 Å². The van der Waals surface area contributed by atoms with Crippen molar-refractivity contribution in [3.05, 3.63) is 42.0 Å². The van der Waals surface area contributed by atoms with Crippen molar-refractivity contribution >= 4 is 33.4 Å². The van der Waals surface area contributed by atoms with E-state index < -0.39 is 0 Å². The molecule has 1 aromatic carbocycles. The van der Waals surface area contributed by atoms with Gasteiger partial charge in [0.05, 0.1) is 5.39 Å². The van der Waals surface area contributed by atoms with Crippen LogP contribution in [0.25, 0.3) is 21.3 Å². The summed E-state index contributed by atoms with van der Waals surface area (Å²) in [6.45, 7) is 4.89. The summed E-state index contributed by atoms with van der Waals surface area (Å²) in [5.41, 5.74) is 2.37. The molecule has 0 aliphatic carbocycles. The lowest BCUT2D eigenvalue weighted by atomic mass is 10.1. The number of aromatic nitrogens is 2. The number of hydrogen-bond acceptors (Lipinski definition) is 5. The van der Waals surface area contributed by atoms with Crippen molar-refractivity contribution in [1.82, 2.24) is 19.8 Å². The first-order chi connectivity index (χ1) is 13.8. The van der Waals surface area contributed by atoms with Crippen molar-refractivity contribution in [2.45, 2.75) is 12.8 Å². The SMILES string of the molecule is O=C(N1CCCC1)N1CCN(c2ncnc3scc(-c4ccccc4)c23)CC1. The zero-order valence-corrected chi connectivity index (χ0v) is 16.6. The fraction of sp³-hybridized carbons (Fsp3) is 0.381. The molecule has 0 N–H and O–H groups in total. The Morgan fingerprint density at radius 2 is 1.61 bits per heavy atom. The molecule has 2 aromatic heterocycles. The molecule has 2 aliphatic rings. The molecule has 2 fully saturated rings. The maximum atomic E-state index is 12.7. The number of carbonyl (C=O) groups excluding carboxylic acids is 1. The zero-order valence-electron chi connectivity index (χ0n) is 15.8. The van der Waals surface area contributed by atoms with Gasteiger partial charge in [0.2, 0.25) is 0 Å². The molecule has 28 heavy (non-hydrogen) atoms. The Hall–Kier alpha value is -2.67. The number of likely N-dealkylation sites (tertiary alicyclic amines) is 1. The number of nitrogens with zero attached hydrogens (tertiary/aromatic N) is 5. The lowest BCUT2D eigenvalue weighted by Crippen LogP contribution is -2.52. The number of rotatable bonds is 2. The molecule has 3 aromatic rings. The minimum Gasteiger partial charge on any atom is -0.352 e. The molecule has 0 atom stereocenters. The summed E-state index contributed by atoms with van der Waals surface area (Å²) >= 11 is 1.66. The molecule has 7 heteroatoms. The zero-order chi connectivity index (χ0) is 18.9. The van der Waals surface area contributed by atoms with Crippen LogP contribution in [-0.2, 0) is 0 Å². The largest absolute Gasteiger partial charge is 0.352 e. The molecule has 0 unspecified atom stereocenters. The molecule has 4 heterocycles. The molecule has 0 spiro atoms. The Bertz CT molecular complexity index is 975. The third-order valence-electron chi connectivity index (χ3n) is 5.66. The first-order valence-corrected chi connectivity index (χ1v) is 10.8. The van der Waals surface area contributed by atoms with Crippen LogP contribution in [0.15, 0.2) is 42.0 Å². The molecule has 2 amide bonds. The molecule has 6 nitrogen and oxygen atoms in total. The Balaban J connectivity index is 1.40. The number of urea groups is 1. The Labute approximate surface area is 168 Å². The van der Waals surface area contributed by atoms with Gasteiger partial charge in [-0.05, 0) is 18.4 Å². The van der Waals surface area contributed by atoms with Gasteiger partial charge in [-0.3, -0.25) is 0 Å². The summed E-state index contributed by atoms with van der Waals surface area (Å²) < 4.78 is 0. The maximum Gasteiger partial charge on any atom is 0.320 e. The van der Waals surface area contributed by atoms with E-state index in [0.29, 0.717) is 0 Å². The Morgan fingerprint density at radius 3 is 2.36 bits per heavy atom. The highest BCUT2D eigenvalue weighted by atomic mass is 32.1. The lowest BCUT2D eigenvalue weighted by Gasteiger charge is -2.37. The first kappa shape index (κ1) is 17.4. The van der Waals surface area contributed by atoms with Crippen LogP contribution in [-0.4, -0.2) is 65.1 Å². The fourth-order valence-electron chi connectivity index (χ4n) is 4.15. The second-order valence-corrected chi connectivity index (χ2v) is 8.20. The highest BCUT2D eigenvalue weighted by Gasteiger charge is 2.28. The Kier molecular flexibility index (Phi) is 4.60. The van der Waals surface area contributed by atoms with E-state index in [1.54, 1.807) is 17.7 Å². The number of anilines is 1. The monoisotopic (exact) mass is 393 g/mol. The second-order valence-electron chi connectivity index (χ2n) is 7.34. The van der Waals surface area contributed by atoms with Crippen LogP contribution in [0, 0.1) is 0 Å². The van der Waals surface area contributed by atoms with E-state index in [1.165, 1.54) is 11.1 Å². The summed E-state index contributed by atoms with van der Waals surface area (Å²) in [5, 5.41) is 3.30. The molecule has 0 saturated carbocycles. The summed E-state index contributed by atoms with van der Waals surface area (Å²) in [7, 11) is 0. The minimum atomic E-state index is 0.200. The van der Waals surface area contributed by atoms with Gasteiger partial charge in [-0.15, -0.1) is 11.3 Å². The van der Waals surface area contributed by atoms with Crippen LogP contribution >= 0.6 is 11.3 Å². The molecule has 2 saturated heterocycles. The number of fused-ring (bicyclic) bond motifs is 1. The van der Waals surface area contributed by atoms with Gasteiger partial charge >= 0.3 is 6.03 Å². The molecule has 0 radical (unpaired) electrons. The van der Waals surface area contributed by atoms with Gasteiger partial charge in [0, 0.05) is 50.2 Å². The summed E-state index contributed by atoms with van der Waals surface area (Å²) in [6, 6.07) is 10.6. The third kappa shape index (κ3) is 3.09. The number of amides is 2. The highest BCUT2D eigenvalue weighted by Crippen LogP contribution is 2.38. The van der Waals surface area contributed by atoms with Crippen LogP contribution in [0.3, 0.4) is 0 Å². The van der Waals surface area contributed by atoms with Gasteiger partial charge in [-0.25, -0.2) is 14.8 Å². The number of benzene rings is 1. The molecule has 144 valence electrons. The van der Waals surface area contributed by atoms with Gasteiger partial charge in [0.1, 0.15) is 17.0 Å². The summed E-state index contributed by atoms with van der Waals surface area (Å²) in [6.07, 6.45) is 3.92. The van der Waals surface area contributed by atoms with Gasteiger partial charge < -0.3 is 14.7 Å². The van der Waals surface area contributed by atoms with Crippen molar-refractivity contribution in [1.29, 1.82) is 0 Å². The second kappa shape index (κ2) is 7.39.